The zero-order valence-corrected chi connectivity index (χ0v) is 9.34. The highest BCUT2D eigenvalue weighted by molar-refractivity contribution is 9.10. The van der Waals surface area contributed by atoms with Gasteiger partial charge in [-0.2, -0.15) is 5.10 Å². The summed E-state index contributed by atoms with van der Waals surface area (Å²) in [5, 5.41) is 7.74. The summed E-state index contributed by atoms with van der Waals surface area (Å²) < 4.78 is 2.88. The van der Waals surface area contributed by atoms with Crippen molar-refractivity contribution in [1.82, 2.24) is 15.1 Å². The van der Waals surface area contributed by atoms with E-state index < -0.39 is 0 Å². The van der Waals surface area contributed by atoms with Gasteiger partial charge in [0.15, 0.2) is 0 Å². The van der Waals surface area contributed by atoms with Gasteiger partial charge >= 0.3 is 0 Å². The van der Waals surface area contributed by atoms with Crippen LogP contribution in [0.4, 0.5) is 0 Å². The second kappa shape index (κ2) is 3.80. The molecule has 1 atom stereocenters. The summed E-state index contributed by atoms with van der Waals surface area (Å²) in [7, 11) is 2.00. The van der Waals surface area contributed by atoms with Gasteiger partial charge in [-0.3, -0.25) is 4.68 Å². The predicted molar refractivity (Wildman–Crippen MR) is 55.6 cm³/mol. The third-order valence-corrected chi connectivity index (χ3v) is 2.95. The summed E-state index contributed by atoms with van der Waals surface area (Å²) in [5.74, 6) is 0. The van der Waals surface area contributed by atoms with Gasteiger partial charge in [0.05, 0.1) is 0 Å². The zero-order valence-electron chi connectivity index (χ0n) is 7.76. The number of nitrogens with zero attached hydrogens (tertiary/aromatic N) is 2. The SMILES string of the molecule is Cn1nc(Br)cc1CC1CCCN1. The Morgan fingerprint density at radius 2 is 2.62 bits per heavy atom. The van der Waals surface area contributed by atoms with E-state index in [1.54, 1.807) is 0 Å². The van der Waals surface area contributed by atoms with Gasteiger partial charge in [0.1, 0.15) is 4.60 Å². The molecule has 1 N–H and O–H groups in total. The van der Waals surface area contributed by atoms with Gasteiger partial charge in [-0.25, -0.2) is 0 Å². The van der Waals surface area contributed by atoms with Gasteiger partial charge in [0.2, 0.25) is 0 Å². The number of rotatable bonds is 2. The fraction of sp³-hybridized carbons (Fsp3) is 0.667. The van der Waals surface area contributed by atoms with Crippen molar-refractivity contribution in [2.45, 2.75) is 25.3 Å². The molecule has 2 rings (SSSR count). The monoisotopic (exact) mass is 243 g/mol. The Morgan fingerprint density at radius 3 is 3.15 bits per heavy atom. The molecule has 1 unspecified atom stereocenters. The van der Waals surface area contributed by atoms with Gasteiger partial charge in [-0.05, 0) is 41.4 Å². The van der Waals surface area contributed by atoms with Gasteiger partial charge in [-0.1, -0.05) is 0 Å². The Bertz CT molecular complexity index is 289. The van der Waals surface area contributed by atoms with Crippen molar-refractivity contribution in [3.05, 3.63) is 16.4 Å². The van der Waals surface area contributed by atoms with E-state index in [9.17, 15) is 0 Å². The third-order valence-electron chi connectivity index (χ3n) is 2.56. The van der Waals surface area contributed by atoms with Crippen LogP contribution in [0.2, 0.25) is 0 Å². The molecule has 0 radical (unpaired) electrons. The average molecular weight is 244 g/mol. The molecule has 4 heteroatoms. The second-order valence-electron chi connectivity index (χ2n) is 3.58. The first-order chi connectivity index (χ1) is 6.25. The molecule has 0 saturated carbocycles. The number of halogens is 1. The molecule has 1 aliphatic rings. The molecule has 0 aliphatic carbocycles. The van der Waals surface area contributed by atoms with E-state index in [1.807, 2.05) is 11.7 Å². The van der Waals surface area contributed by atoms with Crippen LogP contribution in [0.25, 0.3) is 0 Å². The smallest absolute Gasteiger partial charge is 0.128 e. The van der Waals surface area contributed by atoms with Crippen molar-refractivity contribution >= 4 is 15.9 Å². The molecule has 1 aliphatic heterocycles. The van der Waals surface area contributed by atoms with E-state index in [0.29, 0.717) is 6.04 Å². The largest absolute Gasteiger partial charge is 0.314 e. The van der Waals surface area contributed by atoms with Gasteiger partial charge in [0, 0.05) is 25.2 Å². The summed E-state index contributed by atoms with van der Waals surface area (Å²) in [6.45, 7) is 1.17. The summed E-state index contributed by atoms with van der Waals surface area (Å²) in [6.07, 6.45) is 3.70. The molecule has 2 heterocycles. The fourth-order valence-electron chi connectivity index (χ4n) is 1.84. The predicted octanol–water partition coefficient (Wildman–Crippen LogP) is 1.48. The van der Waals surface area contributed by atoms with Crippen molar-refractivity contribution in [2.24, 2.45) is 7.05 Å². The number of nitrogens with one attached hydrogen (secondary N) is 1. The number of aromatic nitrogens is 2. The van der Waals surface area contributed by atoms with Gasteiger partial charge in [-0.15, -0.1) is 0 Å². The van der Waals surface area contributed by atoms with Gasteiger partial charge < -0.3 is 5.32 Å². The normalized spacial score (nSPS) is 22.5. The highest BCUT2D eigenvalue weighted by Crippen LogP contribution is 2.15. The molecular weight excluding hydrogens is 230 g/mol. The van der Waals surface area contributed by atoms with E-state index >= 15 is 0 Å². The molecule has 0 bridgehead atoms. The average Bonchev–Trinajstić information content (AvgIpc) is 2.63. The van der Waals surface area contributed by atoms with Crippen molar-refractivity contribution in [3.8, 4) is 0 Å². The van der Waals surface area contributed by atoms with Crippen LogP contribution in [0.5, 0.6) is 0 Å². The van der Waals surface area contributed by atoms with Crippen LogP contribution in [0, 0.1) is 0 Å². The lowest BCUT2D eigenvalue weighted by atomic mass is 10.1. The Morgan fingerprint density at radius 1 is 1.77 bits per heavy atom. The molecule has 1 fully saturated rings. The van der Waals surface area contributed by atoms with Gasteiger partial charge in [0.25, 0.3) is 0 Å². The maximum Gasteiger partial charge on any atom is 0.128 e. The van der Waals surface area contributed by atoms with Crippen LogP contribution >= 0.6 is 15.9 Å². The van der Waals surface area contributed by atoms with Crippen molar-refractivity contribution in [1.29, 1.82) is 0 Å². The lowest BCUT2D eigenvalue weighted by Gasteiger charge is -2.09. The van der Waals surface area contributed by atoms with Crippen molar-refractivity contribution < 1.29 is 0 Å². The molecule has 1 aromatic heterocycles. The molecule has 72 valence electrons. The second-order valence-corrected chi connectivity index (χ2v) is 4.39. The van der Waals surface area contributed by atoms with E-state index in [2.05, 4.69) is 32.4 Å². The summed E-state index contributed by atoms with van der Waals surface area (Å²) >= 11 is 3.38. The van der Waals surface area contributed by atoms with Crippen LogP contribution < -0.4 is 5.32 Å². The van der Waals surface area contributed by atoms with Crippen LogP contribution in [0.15, 0.2) is 10.7 Å². The Hall–Kier alpha value is -0.350. The summed E-state index contributed by atoms with van der Waals surface area (Å²) in [4.78, 5) is 0. The van der Waals surface area contributed by atoms with E-state index in [0.717, 1.165) is 11.0 Å². The first-order valence-electron chi connectivity index (χ1n) is 4.67. The highest BCUT2D eigenvalue weighted by Gasteiger charge is 2.16. The molecule has 0 aromatic carbocycles. The minimum absolute atomic E-state index is 0.655. The van der Waals surface area contributed by atoms with E-state index in [1.165, 1.54) is 25.1 Å². The van der Waals surface area contributed by atoms with E-state index in [-0.39, 0.29) is 0 Å². The topological polar surface area (TPSA) is 29.9 Å². The first-order valence-corrected chi connectivity index (χ1v) is 5.47. The number of hydrogen-bond acceptors (Lipinski definition) is 2. The van der Waals surface area contributed by atoms with E-state index in [4.69, 9.17) is 0 Å². The maximum absolute atomic E-state index is 4.26. The first kappa shape index (κ1) is 9.21. The van der Waals surface area contributed by atoms with Crippen LogP contribution in [-0.2, 0) is 13.5 Å². The number of aryl methyl sites for hydroxylation is 1. The molecule has 1 aromatic rings. The lowest BCUT2D eigenvalue weighted by Crippen LogP contribution is -2.24. The molecule has 0 amide bonds. The minimum Gasteiger partial charge on any atom is -0.314 e. The summed E-state index contributed by atoms with van der Waals surface area (Å²) in [5.41, 5.74) is 1.30. The lowest BCUT2D eigenvalue weighted by molar-refractivity contribution is 0.570. The quantitative estimate of drug-likeness (QED) is 0.853. The summed E-state index contributed by atoms with van der Waals surface area (Å²) in [6, 6.07) is 2.75. The standard InChI is InChI=1S/C9H14BrN3/c1-13-8(6-9(10)12-13)5-7-3-2-4-11-7/h6-7,11H,2-5H2,1H3. The Labute approximate surface area is 86.6 Å². The minimum atomic E-state index is 0.655. The third kappa shape index (κ3) is 2.11. The Kier molecular flexibility index (Phi) is 2.69. The fourth-order valence-corrected chi connectivity index (χ4v) is 2.34. The van der Waals surface area contributed by atoms with Crippen LogP contribution in [0.3, 0.4) is 0 Å². The number of hydrogen-bond donors (Lipinski definition) is 1. The van der Waals surface area contributed by atoms with Crippen molar-refractivity contribution in [3.63, 3.8) is 0 Å². The molecule has 0 spiro atoms. The molecule has 1 saturated heterocycles. The Balaban J connectivity index is 2.03. The zero-order chi connectivity index (χ0) is 9.26. The van der Waals surface area contributed by atoms with Crippen LogP contribution in [0.1, 0.15) is 18.5 Å². The van der Waals surface area contributed by atoms with Crippen molar-refractivity contribution in [2.75, 3.05) is 6.54 Å². The maximum atomic E-state index is 4.26. The van der Waals surface area contributed by atoms with Crippen LogP contribution in [-0.4, -0.2) is 22.4 Å². The molecule has 13 heavy (non-hydrogen) atoms. The molecule has 3 nitrogen and oxygen atoms in total. The highest BCUT2D eigenvalue weighted by atomic mass is 79.9. The molecular formula is C9H14BrN3.